The average Bonchev–Trinajstić information content (AvgIpc) is 2.33. The third-order valence-corrected chi connectivity index (χ3v) is 9.06. The molecule has 0 aliphatic rings. The molecule has 0 fully saturated rings. The molecule has 0 bridgehead atoms. The summed E-state index contributed by atoms with van der Waals surface area (Å²) in [5.74, 6) is 0.843. The predicted molar refractivity (Wildman–Crippen MR) is 90.8 cm³/mol. The molecule has 0 spiro atoms. The average molecular weight is 293 g/mol. The molecule has 0 N–H and O–H groups in total. The molecule has 1 rings (SSSR count). The van der Waals surface area contributed by atoms with Crippen molar-refractivity contribution in [2.75, 3.05) is 13.9 Å². The Bertz CT molecular complexity index is 433. The molecular weight excluding hydrogens is 266 g/mol. The third kappa shape index (κ3) is 3.20. The molecule has 0 aliphatic heterocycles. The van der Waals surface area contributed by atoms with E-state index in [1.54, 1.807) is 7.11 Å². The Hall–Kier alpha value is -0.525. The van der Waals surface area contributed by atoms with Gasteiger partial charge in [0.25, 0.3) is 0 Å². The molecule has 0 atom stereocenters. The minimum Gasteiger partial charge on any atom is -0.464 e. The summed E-state index contributed by atoms with van der Waals surface area (Å²) in [5.41, 5.74) is 0. The van der Waals surface area contributed by atoms with Crippen molar-refractivity contribution in [1.29, 1.82) is 0 Å². The lowest BCUT2D eigenvalue weighted by molar-refractivity contribution is 0.0518. The maximum Gasteiger partial charge on any atom is 0.372 e. The normalized spacial score (nSPS) is 13.3. The van der Waals surface area contributed by atoms with E-state index in [0.717, 1.165) is 11.1 Å². The summed E-state index contributed by atoms with van der Waals surface area (Å²) in [6.45, 7) is 13.6. The van der Waals surface area contributed by atoms with Crippen LogP contribution in [0.2, 0.25) is 0 Å². The van der Waals surface area contributed by atoms with Gasteiger partial charge >= 0.3 is 7.57 Å². The molecule has 110 valence electrons. The SMILES string of the molecule is [B][P+](c1ccccc1OCOC)(C(C)(C)C)C(C)(C)C. The van der Waals surface area contributed by atoms with Crippen molar-refractivity contribution >= 4 is 20.0 Å². The Morgan fingerprint density at radius 1 is 1.00 bits per heavy atom. The van der Waals surface area contributed by atoms with Gasteiger partial charge in [0, 0.05) is 14.3 Å². The maximum atomic E-state index is 7.04. The molecular formula is C16H27BO2P+. The highest BCUT2D eigenvalue weighted by Gasteiger charge is 2.56. The summed E-state index contributed by atoms with van der Waals surface area (Å²) in [4.78, 5) is 0. The van der Waals surface area contributed by atoms with Crippen molar-refractivity contribution < 1.29 is 9.47 Å². The van der Waals surface area contributed by atoms with E-state index in [1.165, 1.54) is 0 Å². The van der Waals surface area contributed by atoms with Crippen LogP contribution < -0.4 is 10.0 Å². The molecule has 0 aliphatic carbocycles. The van der Waals surface area contributed by atoms with Crippen molar-refractivity contribution in [3.63, 3.8) is 0 Å². The second kappa shape index (κ2) is 6.07. The van der Waals surface area contributed by atoms with Crippen molar-refractivity contribution in [1.82, 2.24) is 0 Å². The fraction of sp³-hybridized carbons (Fsp3) is 0.625. The van der Waals surface area contributed by atoms with Gasteiger partial charge in [0.1, 0.15) is 5.30 Å². The number of hydrogen-bond donors (Lipinski definition) is 0. The molecule has 20 heavy (non-hydrogen) atoms. The predicted octanol–water partition coefficient (Wildman–Crippen LogP) is 3.99. The summed E-state index contributed by atoms with van der Waals surface area (Å²) in [6, 6.07) is 8.10. The topological polar surface area (TPSA) is 18.5 Å². The van der Waals surface area contributed by atoms with Crippen molar-refractivity contribution in [2.24, 2.45) is 0 Å². The molecule has 2 nitrogen and oxygen atoms in total. The molecule has 1 aromatic carbocycles. The zero-order valence-corrected chi connectivity index (χ0v) is 14.8. The van der Waals surface area contributed by atoms with Crippen LogP contribution in [0.25, 0.3) is 0 Å². The Labute approximate surface area is 126 Å². The zero-order chi connectivity index (χ0) is 15.6. The molecule has 0 saturated carbocycles. The van der Waals surface area contributed by atoms with E-state index in [0.29, 0.717) is 0 Å². The summed E-state index contributed by atoms with van der Waals surface area (Å²) < 4.78 is 10.8. The summed E-state index contributed by atoms with van der Waals surface area (Å²) >= 11 is 0. The van der Waals surface area contributed by atoms with E-state index in [9.17, 15) is 0 Å². The van der Waals surface area contributed by atoms with Gasteiger partial charge < -0.3 is 9.47 Å². The third-order valence-electron chi connectivity index (χ3n) is 3.69. The number of rotatable bonds is 4. The van der Waals surface area contributed by atoms with Gasteiger partial charge in [-0.1, -0.05) is 12.1 Å². The van der Waals surface area contributed by atoms with Crippen molar-refractivity contribution in [3.8, 4) is 5.75 Å². The van der Waals surface area contributed by atoms with Crippen LogP contribution in [0.15, 0.2) is 24.3 Å². The largest absolute Gasteiger partial charge is 0.464 e. The summed E-state index contributed by atoms with van der Waals surface area (Å²) in [6.07, 6.45) is 0. The summed E-state index contributed by atoms with van der Waals surface area (Å²) in [7, 11) is 6.71. The van der Waals surface area contributed by atoms with Crippen LogP contribution >= 0.6 is 7.14 Å². The van der Waals surface area contributed by atoms with Crippen LogP contribution in [0.1, 0.15) is 41.5 Å². The quantitative estimate of drug-likeness (QED) is 0.475. The van der Waals surface area contributed by atoms with Gasteiger partial charge in [0.15, 0.2) is 12.5 Å². The number of benzene rings is 1. The first kappa shape index (κ1) is 17.5. The van der Waals surface area contributed by atoms with Crippen LogP contribution in [-0.4, -0.2) is 31.8 Å². The van der Waals surface area contributed by atoms with Gasteiger partial charge in [0.2, 0.25) is 0 Å². The standard InChI is InChI=1S/C16H27BO2P/c1-15(2,3)20(17,16(4,5)6)14-11-9-8-10-13(14)19-12-18-7/h8-11H,12H2,1-7H3/q+1. The van der Waals surface area contributed by atoms with Gasteiger partial charge in [-0.15, -0.1) is 0 Å². The maximum absolute atomic E-state index is 7.04. The van der Waals surface area contributed by atoms with Crippen LogP contribution in [0.3, 0.4) is 0 Å². The Balaban J connectivity index is 3.44. The van der Waals surface area contributed by atoms with E-state index < -0.39 is 7.14 Å². The molecule has 1 aromatic rings. The van der Waals surface area contributed by atoms with Crippen LogP contribution in [0, 0.1) is 0 Å². The minimum absolute atomic E-state index is 0.00220. The molecule has 0 saturated heterocycles. The van der Waals surface area contributed by atoms with E-state index in [-0.39, 0.29) is 17.1 Å². The molecule has 0 heterocycles. The first-order valence-corrected chi connectivity index (χ1v) is 8.80. The lowest BCUT2D eigenvalue weighted by atomic mass is 10.2. The molecule has 2 radical (unpaired) electrons. The van der Waals surface area contributed by atoms with Crippen molar-refractivity contribution in [2.45, 2.75) is 51.9 Å². The Kier molecular flexibility index (Phi) is 5.32. The van der Waals surface area contributed by atoms with Crippen LogP contribution in [0.4, 0.5) is 0 Å². The van der Waals surface area contributed by atoms with Crippen LogP contribution in [0.5, 0.6) is 5.75 Å². The smallest absolute Gasteiger partial charge is 0.372 e. The zero-order valence-electron chi connectivity index (χ0n) is 13.9. The number of para-hydroxylation sites is 1. The fourth-order valence-electron chi connectivity index (χ4n) is 2.72. The lowest BCUT2D eigenvalue weighted by Crippen LogP contribution is -2.41. The second-order valence-corrected chi connectivity index (χ2v) is 11.7. The fourth-order valence-corrected chi connectivity index (χ4v) is 6.99. The first-order valence-electron chi connectivity index (χ1n) is 6.95. The van der Waals surface area contributed by atoms with Gasteiger partial charge in [-0.2, -0.15) is 0 Å². The minimum atomic E-state index is -1.95. The monoisotopic (exact) mass is 293 g/mol. The Morgan fingerprint density at radius 3 is 1.95 bits per heavy atom. The molecule has 4 heteroatoms. The van der Waals surface area contributed by atoms with E-state index in [1.807, 2.05) is 18.2 Å². The molecule has 0 aromatic heterocycles. The molecule has 0 amide bonds. The van der Waals surface area contributed by atoms with Crippen molar-refractivity contribution in [3.05, 3.63) is 24.3 Å². The van der Waals surface area contributed by atoms with E-state index in [2.05, 4.69) is 47.6 Å². The highest BCUT2D eigenvalue weighted by atomic mass is 31.2. The Morgan fingerprint density at radius 2 is 1.50 bits per heavy atom. The van der Waals surface area contributed by atoms with Gasteiger partial charge in [-0.05, 0) is 53.7 Å². The number of methoxy groups -OCH3 is 1. The van der Waals surface area contributed by atoms with Gasteiger partial charge in [0.05, 0.1) is 10.3 Å². The lowest BCUT2D eigenvalue weighted by Gasteiger charge is -2.45. The highest BCUT2D eigenvalue weighted by Crippen LogP contribution is 2.73. The molecule has 0 unspecified atom stereocenters. The second-order valence-electron chi connectivity index (χ2n) is 7.08. The van der Waals surface area contributed by atoms with E-state index in [4.69, 9.17) is 17.0 Å². The number of hydrogen-bond acceptors (Lipinski definition) is 2. The van der Waals surface area contributed by atoms with Crippen LogP contribution in [-0.2, 0) is 4.74 Å². The number of ether oxygens (including phenoxy) is 2. The first-order chi connectivity index (χ1) is 9.05. The van der Waals surface area contributed by atoms with Gasteiger partial charge in [-0.25, -0.2) is 0 Å². The van der Waals surface area contributed by atoms with E-state index >= 15 is 0 Å². The summed E-state index contributed by atoms with van der Waals surface area (Å²) in [5, 5.41) is 1.13. The highest BCUT2D eigenvalue weighted by molar-refractivity contribution is 8.05. The van der Waals surface area contributed by atoms with Gasteiger partial charge in [-0.3, -0.25) is 0 Å².